The summed E-state index contributed by atoms with van der Waals surface area (Å²) in [6.45, 7) is 4.01. The van der Waals surface area contributed by atoms with Gasteiger partial charge in [0.2, 0.25) is 5.50 Å². The summed E-state index contributed by atoms with van der Waals surface area (Å²) < 4.78 is 21.5. The fourth-order valence-electron chi connectivity index (χ4n) is 1.68. The van der Waals surface area contributed by atoms with E-state index in [0.717, 1.165) is 0 Å². The third-order valence-electron chi connectivity index (χ3n) is 2.42. The van der Waals surface area contributed by atoms with Gasteiger partial charge in [0.25, 0.3) is 6.01 Å². The lowest BCUT2D eigenvalue weighted by Gasteiger charge is -2.02. The van der Waals surface area contributed by atoms with Crippen LogP contribution in [0.4, 0.5) is 6.01 Å². The molecule has 4 N–H and O–H groups in total. The van der Waals surface area contributed by atoms with Crippen molar-refractivity contribution in [3.8, 4) is 11.5 Å². The van der Waals surface area contributed by atoms with Crippen LogP contribution in [0.2, 0.25) is 0 Å². The Balaban J connectivity index is 2.41. The van der Waals surface area contributed by atoms with E-state index in [4.69, 9.17) is 24.4 Å². The Hall–Kier alpha value is -1.56. The summed E-state index contributed by atoms with van der Waals surface area (Å²) in [6, 6.07) is 2.66. The Bertz CT molecular complexity index is 625. The molecule has 2 heterocycles. The van der Waals surface area contributed by atoms with Crippen LogP contribution in [0.25, 0.3) is 11.5 Å². The Labute approximate surface area is 109 Å². The van der Waals surface area contributed by atoms with Crippen LogP contribution in [0, 0.1) is 5.92 Å². The Kier molecular flexibility index (Phi) is 3.54. The highest BCUT2D eigenvalue weighted by Crippen LogP contribution is 2.36. The van der Waals surface area contributed by atoms with Gasteiger partial charge in [0, 0.05) is 6.42 Å². The van der Waals surface area contributed by atoms with Crippen molar-refractivity contribution in [2.45, 2.75) is 20.3 Å². The lowest BCUT2D eigenvalue weighted by Crippen LogP contribution is -1.98. The second kappa shape index (κ2) is 4.85. The molecule has 2 aromatic rings. The lowest BCUT2D eigenvalue weighted by molar-refractivity contribution is 0.377. The first-order valence-electron chi connectivity index (χ1n) is 5.69. The van der Waals surface area contributed by atoms with E-state index >= 15 is 0 Å². The quantitative estimate of drug-likeness (QED) is 0.728. The average molecular weight is 286 g/mol. The van der Waals surface area contributed by atoms with Crippen molar-refractivity contribution >= 4 is 19.1 Å². The number of rotatable bonds is 4. The Morgan fingerprint density at radius 1 is 1.37 bits per heavy atom. The van der Waals surface area contributed by atoms with Gasteiger partial charge in [0.1, 0.15) is 11.5 Å². The minimum atomic E-state index is -4.41. The fourth-order valence-corrected chi connectivity index (χ4v) is 2.17. The van der Waals surface area contributed by atoms with Gasteiger partial charge in [-0.1, -0.05) is 13.8 Å². The van der Waals surface area contributed by atoms with Crippen molar-refractivity contribution in [2.75, 3.05) is 5.73 Å². The highest BCUT2D eigenvalue weighted by Gasteiger charge is 2.25. The number of nitrogen functional groups attached to an aromatic ring is 1. The van der Waals surface area contributed by atoms with E-state index in [1.54, 1.807) is 0 Å². The van der Waals surface area contributed by atoms with Gasteiger partial charge in [-0.05, 0) is 18.1 Å². The largest absolute Gasteiger partial charge is 0.446 e. The normalized spacial score (nSPS) is 12.3. The van der Waals surface area contributed by atoms with E-state index in [2.05, 4.69) is 4.98 Å². The molecule has 0 aliphatic carbocycles. The molecule has 0 aliphatic heterocycles. The van der Waals surface area contributed by atoms with E-state index < -0.39 is 13.1 Å². The molecule has 0 aliphatic rings. The first-order valence-corrected chi connectivity index (χ1v) is 7.30. The van der Waals surface area contributed by atoms with E-state index in [9.17, 15) is 4.57 Å². The molecule has 0 spiro atoms. The fraction of sp³-hybridized carbons (Fsp3) is 0.364. The number of furan rings is 1. The molecule has 0 bridgehead atoms. The van der Waals surface area contributed by atoms with Crippen LogP contribution in [0.15, 0.2) is 21.0 Å². The molecule has 0 fully saturated rings. The molecule has 2 aromatic heterocycles. The molecular formula is C11H15N2O5P. The summed E-state index contributed by atoms with van der Waals surface area (Å²) in [7, 11) is -4.41. The molecular weight excluding hydrogens is 271 g/mol. The maximum Gasteiger partial charge on any atom is 0.391 e. The number of hydrogen-bond acceptors (Lipinski definition) is 5. The minimum Gasteiger partial charge on any atom is -0.446 e. The number of aromatic nitrogens is 1. The van der Waals surface area contributed by atoms with Crippen molar-refractivity contribution < 1.29 is 23.2 Å². The first kappa shape index (κ1) is 13.9. The van der Waals surface area contributed by atoms with Gasteiger partial charge in [-0.3, -0.25) is 4.57 Å². The number of nitrogens with two attached hydrogens (primary N) is 1. The van der Waals surface area contributed by atoms with E-state index in [0.29, 0.717) is 23.8 Å². The van der Waals surface area contributed by atoms with Crippen molar-refractivity contribution in [2.24, 2.45) is 5.92 Å². The van der Waals surface area contributed by atoms with Crippen molar-refractivity contribution in [3.05, 3.63) is 17.9 Å². The average Bonchev–Trinajstić information content (AvgIpc) is 2.82. The third kappa shape index (κ3) is 3.07. The topological polar surface area (TPSA) is 123 Å². The van der Waals surface area contributed by atoms with Gasteiger partial charge in [-0.15, -0.1) is 0 Å². The van der Waals surface area contributed by atoms with Gasteiger partial charge >= 0.3 is 7.60 Å². The number of hydrogen-bond donors (Lipinski definition) is 3. The van der Waals surface area contributed by atoms with Gasteiger partial charge in [-0.2, -0.15) is 4.98 Å². The van der Waals surface area contributed by atoms with Crippen LogP contribution < -0.4 is 11.2 Å². The molecule has 0 radical (unpaired) electrons. The van der Waals surface area contributed by atoms with Crippen LogP contribution in [0.1, 0.15) is 19.6 Å². The smallest absolute Gasteiger partial charge is 0.391 e. The molecule has 8 heteroatoms. The maximum absolute atomic E-state index is 11.1. The highest BCUT2D eigenvalue weighted by atomic mass is 31.2. The molecule has 2 rings (SSSR count). The van der Waals surface area contributed by atoms with E-state index in [-0.39, 0.29) is 11.8 Å². The predicted octanol–water partition coefficient (Wildman–Crippen LogP) is 1.52. The second-order valence-corrected chi connectivity index (χ2v) is 6.13. The van der Waals surface area contributed by atoms with Crippen LogP contribution in [0.5, 0.6) is 0 Å². The summed E-state index contributed by atoms with van der Waals surface area (Å²) in [4.78, 5) is 22.0. The SMILES string of the molecule is CC(C)Cc1oc(N)nc1-c1ccc(P(=O)(O)O)o1. The van der Waals surface area contributed by atoms with Crippen LogP contribution in [0.3, 0.4) is 0 Å². The van der Waals surface area contributed by atoms with Crippen LogP contribution in [-0.2, 0) is 11.0 Å². The molecule has 0 aromatic carbocycles. The molecule has 0 atom stereocenters. The second-order valence-electron chi connectivity index (χ2n) is 4.60. The predicted molar refractivity (Wildman–Crippen MR) is 68.8 cm³/mol. The van der Waals surface area contributed by atoms with E-state index in [1.165, 1.54) is 12.1 Å². The lowest BCUT2D eigenvalue weighted by atomic mass is 10.1. The molecule has 0 saturated carbocycles. The summed E-state index contributed by atoms with van der Waals surface area (Å²) in [5.41, 5.74) is 5.49. The maximum atomic E-state index is 11.1. The zero-order chi connectivity index (χ0) is 14.2. The summed E-state index contributed by atoms with van der Waals surface area (Å²) in [6.07, 6.45) is 0.603. The Morgan fingerprint density at radius 3 is 2.58 bits per heavy atom. The molecule has 7 nitrogen and oxygen atoms in total. The Morgan fingerprint density at radius 2 is 2.05 bits per heavy atom. The first-order chi connectivity index (χ1) is 8.77. The zero-order valence-electron chi connectivity index (χ0n) is 10.5. The molecule has 0 unspecified atom stereocenters. The summed E-state index contributed by atoms with van der Waals surface area (Å²) in [5.74, 6) is 1.09. The number of oxazole rings is 1. The molecule has 104 valence electrons. The molecule has 0 saturated heterocycles. The van der Waals surface area contributed by atoms with Gasteiger partial charge in [0.15, 0.2) is 5.76 Å². The van der Waals surface area contributed by atoms with E-state index in [1.807, 2.05) is 13.8 Å². The van der Waals surface area contributed by atoms with Crippen molar-refractivity contribution in [3.63, 3.8) is 0 Å². The summed E-state index contributed by atoms with van der Waals surface area (Å²) in [5, 5.41) is 0. The highest BCUT2D eigenvalue weighted by molar-refractivity contribution is 7.59. The van der Waals surface area contributed by atoms with Gasteiger partial charge < -0.3 is 24.4 Å². The summed E-state index contributed by atoms with van der Waals surface area (Å²) >= 11 is 0. The monoisotopic (exact) mass is 286 g/mol. The van der Waals surface area contributed by atoms with Crippen LogP contribution >= 0.6 is 7.60 Å². The van der Waals surface area contributed by atoms with Crippen molar-refractivity contribution in [1.29, 1.82) is 0 Å². The van der Waals surface area contributed by atoms with Gasteiger partial charge in [-0.25, -0.2) is 0 Å². The molecule has 0 amide bonds. The minimum absolute atomic E-state index is 0.000204. The standard InChI is InChI=1S/C11H15N2O5P/c1-6(2)5-8-10(13-11(12)18-8)7-3-4-9(17-7)19(14,15)16/h3-4,6H,5H2,1-2H3,(H2,12,13)(H2,14,15,16). The number of nitrogens with zero attached hydrogens (tertiary/aromatic N) is 1. The van der Waals surface area contributed by atoms with Crippen LogP contribution in [-0.4, -0.2) is 14.8 Å². The zero-order valence-corrected chi connectivity index (χ0v) is 11.4. The van der Waals surface area contributed by atoms with Crippen molar-refractivity contribution in [1.82, 2.24) is 4.98 Å². The number of anilines is 1. The molecule has 19 heavy (non-hydrogen) atoms. The third-order valence-corrected chi connectivity index (χ3v) is 3.23. The van der Waals surface area contributed by atoms with Gasteiger partial charge in [0.05, 0.1) is 0 Å².